The minimum absolute atomic E-state index is 0.0173. The Kier molecular flexibility index (Phi) is 8.51. The number of sulfonamides is 1. The Morgan fingerprint density at radius 1 is 1.06 bits per heavy atom. The molecule has 0 aliphatic carbocycles. The second-order valence-corrected chi connectivity index (χ2v) is 10.3. The van der Waals surface area contributed by atoms with Gasteiger partial charge in [0.1, 0.15) is 0 Å². The number of amides is 2. The lowest BCUT2D eigenvalue weighted by atomic mass is 9.95. The molecule has 0 atom stereocenters. The topological polar surface area (TPSA) is 86.8 Å². The lowest BCUT2D eigenvalue weighted by Crippen LogP contribution is -2.43. The van der Waals surface area contributed by atoms with Crippen LogP contribution in [0.3, 0.4) is 0 Å². The highest BCUT2D eigenvalue weighted by Crippen LogP contribution is 2.26. The van der Waals surface area contributed by atoms with Crippen LogP contribution >= 0.6 is 11.6 Å². The van der Waals surface area contributed by atoms with E-state index in [1.54, 1.807) is 18.7 Å². The molecule has 1 fully saturated rings. The van der Waals surface area contributed by atoms with Gasteiger partial charge in [0.05, 0.1) is 15.5 Å². The van der Waals surface area contributed by atoms with Gasteiger partial charge >= 0.3 is 0 Å². The Balaban J connectivity index is 1.64. The number of likely N-dealkylation sites (tertiary alicyclic amines) is 1. The molecule has 0 aromatic heterocycles. The fourth-order valence-electron chi connectivity index (χ4n) is 3.99. The zero-order valence-corrected chi connectivity index (χ0v) is 20.5. The number of piperidine rings is 1. The maximum absolute atomic E-state index is 13.1. The minimum atomic E-state index is -3.70. The summed E-state index contributed by atoms with van der Waals surface area (Å²) in [5.41, 5.74) is 1.20. The first kappa shape index (κ1) is 25.2. The molecular weight excluding hydrogens is 462 g/mol. The molecule has 9 heteroatoms. The van der Waals surface area contributed by atoms with E-state index >= 15 is 0 Å². The molecule has 1 aliphatic heterocycles. The van der Waals surface area contributed by atoms with Gasteiger partial charge in [-0.1, -0.05) is 55.8 Å². The third-order valence-electron chi connectivity index (χ3n) is 5.97. The standard InChI is InChI=1S/C24H30ClN3O4S/c1-3-28(4-2)33(31,32)20-10-11-22(25)21(16-20)24(30)27-14-12-19(13-15-27)23(29)26-17-18-8-6-5-7-9-18/h5-11,16,19H,3-4,12-15,17H2,1-2H3,(H,26,29). The highest BCUT2D eigenvalue weighted by Gasteiger charge is 2.30. The van der Waals surface area contributed by atoms with Crippen molar-refractivity contribution in [2.75, 3.05) is 26.2 Å². The number of carbonyl (C=O) groups is 2. The maximum atomic E-state index is 13.1. The van der Waals surface area contributed by atoms with Crippen molar-refractivity contribution in [2.45, 2.75) is 38.1 Å². The minimum Gasteiger partial charge on any atom is -0.352 e. The summed E-state index contributed by atoms with van der Waals surface area (Å²) in [6.07, 6.45) is 1.09. The van der Waals surface area contributed by atoms with E-state index in [4.69, 9.17) is 11.6 Å². The van der Waals surface area contributed by atoms with Crippen LogP contribution in [0.4, 0.5) is 0 Å². The van der Waals surface area contributed by atoms with E-state index < -0.39 is 10.0 Å². The summed E-state index contributed by atoms with van der Waals surface area (Å²) >= 11 is 6.27. The SMILES string of the molecule is CCN(CC)S(=O)(=O)c1ccc(Cl)c(C(=O)N2CCC(C(=O)NCc3ccccc3)CC2)c1. The third-order valence-corrected chi connectivity index (χ3v) is 8.35. The fraction of sp³-hybridized carbons (Fsp3) is 0.417. The van der Waals surface area contributed by atoms with Gasteiger partial charge in [0, 0.05) is 38.6 Å². The number of nitrogens with one attached hydrogen (secondary N) is 1. The molecule has 3 rings (SSSR count). The molecule has 2 aromatic carbocycles. The molecule has 1 aliphatic rings. The number of halogens is 1. The van der Waals surface area contributed by atoms with Gasteiger partial charge in [-0.3, -0.25) is 9.59 Å². The second-order valence-electron chi connectivity index (χ2n) is 8.00. The van der Waals surface area contributed by atoms with E-state index in [9.17, 15) is 18.0 Å². The van der Waals surface area contributed by atoms with Gasteiger partial charge in [0.25, 0.3) is 5.91 Å². The van der Waals surface area contributed by atoms with Gasteiger partial charge < -0.3 is 10.2 Å². The summed E-state index contributed by atoms with van der Waals surface area (Å²) in [6, 6.07) is 13.9. The largest absolute Gasteiger partial charge is 0.352 e. The van der Waals surface area contributed by atoms with Gasteiger partial charge in [-0.2, -0.15) is 4.31 Å². The first-order valence-electron chi connectivity index (χ1n) is 11.2. The normalized spacial score (nSPS) is 15.0. The van der Waals surface area contributed by atoms with E-state index in [1.807, 2.05) is 30.3 Å². The zero-order chi connectivity index (χ0) is 24.0. The van der Waals surface area contributed by atoms with Crippen molar-refractivity contribution < 1.29 is 18.0 Å². The Morgan fingerprint density at radius 2 is 1.70 bits per heavy atom. The average Bonchev–Trinajstić information content (AvgIpc) is 2.83. The molecular formula is C24H30ClN3O4S. The molecule has 0 bridgehead atoms. The molecule has 0 spiro atoms. The first-order valence-corrected chi connectivity index (χ1v) is 13.0. The van der Waals surface area contributed by atoms with Crippen molar-refractivity contribution in [2.24, 2.45) is 5.92 Å². The van der Waals surface area contributed by atoms with E-state index in [2.05, 4.69) is 5.32 Å². The van der Waals surface area contributed by atoms with Crippen LogP contribution in [0.1, 0.15) is 42.6 Å². The van der Waals surface area contributed by atoms with Crippen molar-refractivity contribution in [1.82, 2.24) is 14.5 Å². The Bertz CT molecular complexity index is 1080. The molecule has 1 heterocycles. The van der Waals surface area contributed by atoms with E-state index in [0.717, 1.165) is 5.56 Å². The molecule has 0 radical (unpaired) electrons. The van der Waals surface area contributed by atoms with Crippen molar-refractivity contribution in [3.8, 4) is 0 Å². The van der Waals surface area contributed by atoms with Crippen molar-refractivity contribution in [1.29, 1.82) is 0 Å². The Morgan fingerprint density at radius 3 is 2.30 bits per heavy atom. The molecule has 33 heavy (non-hydrogen) atoms. The highest BCUT2D eigenvalue weighted by molar-refractivity contribution is 7.89. The van der Waals surface area contributed by atoms with Gasteiger partial charge in [-0.05, 0) is 36.6 Å². The number of rotatable bonds is 8. The van der Waals surface area contributed by atoms with Gasteiger partial charge in [-0.15, -0.1) is 0 Å². The monoisotopic (exact) mass is 491 g/mol. The maximum Gasteiger partial charge on any atom is 0.255 e. The molecule has 0 saturated carbocycles. The molecule has 178 valence electrons. The van der Waals surface area contributed by atoms with Gasteiger partial charge in [-0.25, -0.2) is 8.42 Å². The molecule has 2 amide bonds. The van der Waals surface area contributed by atoms with Gasteiger partial charge in [0.2, 0.25) is 15.9 Å². The lowest BCUT2D eigenvalue weighted by molar-refractivity contribution is -0.126. The van der Waals surface area contributed by atoms with Crippen molar-refractivity contribution >= 4 is 33.4 Å². The number of benzene rings is 2. The highest BCUT2D eigenvalue weighted by atomic mass is 35.5. The Hall–Kier alpha value is -2.42. The van der Waals surface area contributed by atoms with Crippen LogP contribution in [0.15, 0.2) is 53.4 Å². The van der Waals surface area contributed by atoms with Crippen LogP contribution in [-0.2, 0) is 21.4 Å². The quantitative estimate of drug-likeness (QED) is 0.612. The summed E-state index contributed by atoms with van der Waals surface area (Å²) in [4.78, 5) is 27.4. The number of hydrogen-bond acceptors (Lipinski definition) is 4. The Labute approximate surface area is 200 Å². The van der Waals surface area contributed by atoms with Crippen LogP contribution in [0.2, 0.25) is 5.02 Å². The summed E-state index contributed by atoms with van der Waals surface area (Å²) in [7, 11) is -3.70. The van der Waals surface area contributed by atoms with Gasteiger partial charge in [0.15, 0.2) is 0 Å². The molecule has 2 aromatic rings. The number of hydrogen-bond donors (Lipinski definition) is 1. The second kappa shape index (κ2) is 11.1. The predicted molar refractivity (Wildman–Crippen MR) is 128 cm³/mol. The van der Waals surface area contributed by atoms with Crippen LogP contribution < -0.4 is 5.32 Å². The van der Waals surface area contributed by atoms with Crippen LogP contribution in [0, 0.1) is 5.92 Å². The number of nitrogens with zero attached hydrogens (tertiary/aromatic N) is 2. The third kappa shape index (κ3) is 5.93. The number of carbonyl (C=O) groups excluding carboxylic acids is 2. The fourth-order valence-corrected chi connectivity index (χ4v) is 5.67. The first-order chi connectivity index (χ1) is 15.8. The molecule has 0 unspecified atom stereocenters. The summed E-state index contributed by atoms with van der Waals surface area (Å²) in [5.74, 6) is -0.501. The van der Waals surface area contributed by atoms with Crippen LogP contribution in [0.25, 0.3) is 0 Å². The molecule has 1 saturated heterocycles. The summed E-state index contributed by atoms with van der Waals surface area (Å²) < 4.78 is 27.0. The molecule has 1 N–H and O–H groups in total. The zero-order valence-electron chi connectivity index (χ0n) is 19.0. The molecule has 7 nitrogen and oxygen atoms in total. The van der Waals surface area contributed by atoms with E-state index in [1.165, 1.54) is 22.5 Å². The summed E-state index contributed by atoms with van der Waals surface area (Å²) in [6.45, 7) is 5.50. The predicted octanol–water partition coefficient (Wildman–Crippen LogP) is 3.54. The lowest BCUT2D eigenvalue weighted by Gasteiger charge is -2.31. The van der Waals surface area contributed by atoms with Crippen molar-refractivity contribution in [3.05, 3.63) is 64.7 Å². The summed E-state index contributed by atoms with van der Waals surface area (Å²) in [5, 5.41) is 3.17. The van der Waals surface area contributed by atoms with E-state index in [-0.39, 0.29) is 33.2 Å². The average molecular weight is 492 g/mol. The van der Waals surface area contributed by atoms with Crippen LogP contribution in [-0.4, -0.2) is 55.6 Å². The van der Waals surface area contributed by atoms with E-state index in [0.29, 0.717) is 45.6 Å². The van der Waals surface area contributed by atoms with Crippen molar-refractivity contribution in [3.63, 3.8) is 0 Å². The smallest absolute Gasteiger partial charge is 0.255 e. The van der Waals surface area contributed by atoms with Crippen LogP contribution in [0.5, 0.6) is 0 Å².